The van der Waals surface area contributed by atoms with Crippen molar-refractivity contribution in [2.24, 2.45) is 0 Å². The van der Waals surface area contributed by atoms with Gasteiger partial charge in [0, 0.05) is 24.1 Å². The summed E-state index contributed by atoms with van der Waals surface area (Å²) in [5, 5.41) is 3.42. The molecule has 0 saturated heterocycles. The Morgan fingerprint density at radius 2 is 1.90 bits per heavy atom. The molecular formula is C21H19F2NO6. The highest BCUT2D eigenvalue weighted by Gasteiger charge is 2.11. The molecule has 0 bridgehead atoms. The van der Waals surface area contributed by atoms with Crippen LogP contribution < -0.4 is 25.2 Å². The van der Waals surface area contributed by atoms with Gasteiger partial charge in [-0.15, -0.1) is 0 Å². The molecule has 158 valence electrons. The number of benzene rings is 2. The first-order chi connectivity index (χ1) is 14.4. The second kappa shape index (κ2) is 9.73. The van der Waals surface area contributed by atoms with E-state index in [2.05, 4.69) is 10.1 Å². The predicted octanol–water partition coefficient (Wildman–Crippen LogP) is 3.14. The number of fused-ring (bicyclic) bond motifs is 1. The van der Waals surface area contributed by atoms with Crippen LogP contribution in [-0.4, -0.2) is 32.8 Å². The van der Waals surface area contributed by atoms with Crippen LogP contribution in [0.3, 0.4) is 0 Å². The second-order valence-electron chi connectivity index (χ2n) is 6.21. The van der Waals surface area contributed by atoms with E-state index in [1.54, 1.807) is 24.3 Å². The van der Waals surface area contributed by atoms with Gasteiger partial charge >= 0.3 is 12.2 Å². The van der Waals surface area contributed by atoms with Crippen LogP contribution in [-0.2, 0) is 11.2 Å². The number of rotatable bonds is 9. The first kappa shape index (κ1) is 21.1. The summed E-state index contributed by atoms with van der Waals surface area (Å²) in [6, 6.07) is 12.5. The molecule has 1 aromatic heterocycles. The van der Waals surface area contributed by atoms with Crippen LogP contribution in [0.1, 0.15) is 5.56 Å². The fourth-order valence-corrected chi connectivity index (χ4v) is 2.74. The molecule has 0 fully saturated rings. The molecule has 0 unspecified atom stereocenters. The lowest BCUT2D eigenvalue weighted by molar-refractivity contribution is -0.123. The van der Waals surface area contributed by atoms with Gasteiger partial charge in [0.2, 0.25) is 0 Å². The molecule has 7 nitrogen and oxygen atoms in total. The summed E-state index contributed by atoms with van der Waals surface area (Å²) >= 11 is 0. The minimum Gasteiger partial charge on any atom is -0.493 e. The van der Waals surface area contributed by atoms with Crippen LogP contribution in [0.2, 0.25) is 0 Å². The monoisotopic (exact) mass is 419 g/mol. The maximum Gasteiger partial charge on any atom is 0.387 e. The highest BCUT2D eigenvalue weighted by atomic mass is 19.3. The second-order valence-corrected chi connectivity index (χ2v) is 6.21. The maximum absolute atomic E-state index is 12.5. The molecule has 1 heterocycles. The van der Waals surface area contributed by atoms with E-state index in [4.69, 9.17) is 13.9 Å². The molecule has 30 heavy (non-hydrogen) atoms. The Hall–Kier alpha value is -3.62. The van der Waals surface area contributed by atoms with Crippen LogP contribution >= 0.6 is 0 Å². The van der Waals surface area contributed by atoms with Gasteiger partial charge < -0.3 is 23.9 Å². The molecule has 0 aliphatic carbocycles. The van der Waals surface area contributed by atoms with Crippen molar-refractivity contribution in [3.63, 3.8) is 0 Å². The molecule has 0 spiro atoms. The third-order valence-electron chi connectivity index (χ3n) is 4.14. The summed E-state index contributed by atoms with van der Waals surface area (Å²) in [5.74, 6) is 0.156. The van der Waals surface area contributed by atoms with Crippen molar-refractivity contribution in [1.29, 1.82) is 0 Å². The fraction of sp³-hybridized carbons (Fsp3) is 0.238. The van der Waals surface area contributed by atoms with Gasteiger partial charge in [-0.1, -0.05) is 6.07 Å². The van der Waals surface area contributed by atoms with E-state index >= 15 is 0 Å². The van der Waals surface area contributed by atoms with Gasteiger partial charge in [0.05, 0.1) is 7.11 Å². The molecule has 0 saturated carbocycles. The Bertz CT molecular complexity index is 1080. The summed E-state index contributed by atoms with van der Waals surface area (Å²) in [7, 11) is 1.36. The number of carbonyl (C=O) groups excluding carboxylic acids is 1. The average Bonchev–Trinajstić information content (AvgIpc) is 2.71. The third kappa shape index (κ3) is 5.69. The lowest BCUT2D eigenvalue weighted by Crippen LogP contribution is -2.30. The molecule has 2 aromatic carbocycles. The van der Waals surface area contributed by atoms with Gasteiger partial charge in [-0.05, 0) is 42.3 Å². The van der Waals surface area contributed by atoms with Crippen molar-refractivity contribution in [3.8, 4) is 17.2 Å². The van der Waals surface area contributed by atoms with Gasteiger partial charge in [0.15, 0.2) is 18.1 Å². The Kier molecular flexibility index (Phi) is 6.84. The maximum atomic E-state index is 12.5. The van der Waals surface area contributed by atoms with Crippen molar-refractivity contribution < 1.29 is 32.2 Å². The summed E-state index contributed by atoms with van der Waals surface area (Å²) in [4.78, 5) is 23.3. The van der Waals surface area contributed by atoms with Gasteiger partial charge in [0.25, 0.3) is 5.91 Å². The molecule has 0 atom stereocenters. The van der Waals surface area contributed by atoms with Crippen LogP contribution in [0.25, 0.3) is 11.0 Å². The standard InChI is InChI=1S/C21H19F2NO6/c1-27-16-6-2-13(10-18(16)30-21(22)23)8-9-24-19(25)12-28-15-5-3-14-4-7-20(26)29-17(14)11-15/h2-7,10-11,21H,8-9,12H2,1H3,(H,24,25). The van der Waals surface area contributed by atoms with Gasteiger partial charge in [0.1, 0.15) is 11.3 Å². The Labute approximate surface area is 170 Å². The lowest BCUT2D eigenvalue weighted by atomic mass is 10.1. The number of ether oxygens (including phenoxy) is 3. The molecule has 0 aliphatic heterocycles. The number of nitrogens with one attached hydrogen (secondary N) is 1. The summed E-state index contributed by atoms with van der Waals surface area (Å²) in [6.45, 7) is -2.92. The van der Waals surface area contributed by atoms with Crippen molar-refractivity contribution in [1.82, 2.24) is 5.32 Å². The van der Waals surface area contributed by atoms with Crippen molar-refractivity contribution in [3.05, 3.63) is 64.5 Å². The predicted molar refractivity (Wildman–Crippen MR) is 104 cm³/mol. The Morgan fingerprint density at radius 1 is 1.10 bits per heavy atom. The van der Waals surface area contributed by atoms with Crippen LogP contribution in [0.4, 0.5) is 8.78 Å². The average molecular weight is 419 g/mol. The molecule has 1 amide bonds. The Balaban J connectivity index is 1.50. The zero-order valence-corrected chi connectivity index (χ0v) is 16.0. The highest BCUT2D eigenvalue weighted by molar-refractivity contribution is 5.79. The zero-order chi connectivity index (χ0) is 21.5. The zero-order valence-electron chi connectivity index (χ0n) is 16.0. The van der Waals surface area contributed by atoms with E-state index in [1.807, 2.05) is 0 Å². The molecular weight excluding hydrogens is 400 g/mol. The van der Waals surface area contributed by atoms with Crippen LogP contribution in [0.5, 0.6) is 17.2 Å². The number of methoxy groups -OCH3 is 1. The number of amides is 1. The third-order valence-corrected chi connectivity index (χ3v) is 4.14. The quantitative estimate of drug-likeness (QED) is 0.537. The highest BCUT2D eigenvalue weighted by Crippen LogP contribution is 2.29. The topological polar surface area (TPSA) is 87.0 Å². The van der Waals surface area contributed by atoms with E-state index < -0.39 is 12.2 Å². The molecule has 3 aromatic rings. The van der Waals surface area contributed by atoms with Crippen molar-refractivity contribution >= 4 is 16.9 Å². The molecule has 3 rings (SSSR count). The van der Waals surface area contributed by atoms with E-state index in [0.29, 0.717) is 23.3 Å². The van der Waals surface area contributed by atoms with Gasteiger partial charge in [-0.3, -0.25) is 4.79 Å². The van der Waals surface area contributed by atoms with Crippen LogP contribution in [0, 0.1) is 0 Å². The number of hydrogen-bond donors (Lipinski definition) is 1. The van der Waals surface area contributed by atoms with E-state index in [-0.39, 0.29) is 30.6 Å². The first-order valence-electron chi connectivity index (χ1n) is 9.00. The van der Waals surface area contributed by atoms with E-state index in [9.17, 15) is 18.4 Å². The molecule has 0 radical (unpaired) electrons. The number of halogens is 2. The number of alkyl halides is 2. The molecule has 9 heteroatoms. The van der Waals surface area contributed by atoms with Gasteiger partial charge in [-0.2, -0.15) is 8.78 Å². The summed E-state index contributed by atoms with van der Waals surface area (Å²) in [6.07, 6.45) is 0.399. The van der Waals surface area contributed by atoms with E-state index in [1.165, 1.54) is 31.4 Å². The smallest absolute Gasteiger partial charge is 0.387 e. The van der Waals surface area contributed by atoms with Crippen molar-refractivity contribution in [2.75, 3.05) is 20.3 Å². The summed E-state index contributed by atoms with van der Waals surface area (Å²) in [5.41, 5.74) is 0.581. The first-order valence-corrected chi connectivity index (χ1v) is 9.00. The minimum atomic E-state index is -2.96. The Morgan fingerprint density at radius 3 is 2.67 bits per heavy atom. The normalized spacial score (nSPS) is 10.8. The lowest BCUT2D eigenvalue weighted by Gasteiger charge is -2.12. The minimum absolute atomic E-state index is 0.0670. The molecule has 1 N–H and O–H groups in total. The largest absolute Gasteiger partial charge is 0.493 e. The van der Waals surface area contributed by atoms with Gasteiger partial charge in [-0.25, -0.2) is 4.79 Å². The SMILES string of the molecule is COc1ccc(CCNC(=O)COc2ccc3ccc(=O)oc3c2)cc1OC(F)F. The van der Waals surface area contributed by atoms with E-state index in [0.717, 1.165) is 5.39 Å². The van der Waals surface area contributed by atoms with Crippen LogP contribution in [0.15, 0.2) is 57.7 Å². The number of hydrogen-bond acceptors (Lipinski definition) is 6. The fourth-order valence-electron chi connectivity index (χ4n) is 2.74. The number of carbonyl (C=O) groups is 1. The molecule has 0 aliphatic rings. The summed E-state index contributed by atoms with van der Waals surface area (Å²) < 4.78 is 44.9. The van der Waals surface area contributed by atoms with Crippen molar-refractivity contribution in [2.45, 2.75) is 13.0 Å².